The Kier molecular flexibility index (Phi) is 4.55. The second kappa shape index (κ2) is 6.16. The average molecular weight is 286 g/mol. The summed E-state index contributed by atoms with van der Waals surface area (Å²) < 4.78 is 5.62. The van der Waals surface area contributed by atoms with E-state index in [-0.39, 0.29) is 28.7 Å². The van der Waals surface area contributed by atoms with Crippen molar-refractivity contribution in [3.63, 3.8) is 0 Å². The van der Waals surface area contributed by atoms with Crippen molar-refractivity contribution in [1.29, 1.82) is 0 Å². The molecule has 0 aliphatic carbocycles. The summed E-state index contributed by atoms with van der Waals surface area (Å²) in [6, 6.07) is 1.33. The highest BCUT2D eigenvalue weighted by Gasteiger charge is 2.27. The van der Waals surface area contributed by atoms with Crippen LogP contribution in [0.4, 0.5) is 11.5 Å². The topological polar surface area (TPSA) is 77.3 Å². The molecule has 7 heteroatoms. The van der Waals surface area contributed by atoms with Crippen molar-refractivity contribution >= 4 is 23.1 Å². The van der Waals surface area contributed by atoms with Gasteiger partial charge in [0, 0.05) is 18.9 Å². The minimum Gasteiger partial charge on any atom is -0.376 e. The molecule has 1 aromatic heterocycles. The Balaban J connectivity index is 2.18. The first-order valence-electron chi connectivity index (χ1n) is 6.30. The monoisotopic (exact) mass is 285 g/mol. The zero-order valence-corrected chi connectivity index (χ0v) is 11.4. The van der Waals surface area contributed by atoms with Gasteiger partial charge in [-0.25, -0.2) is 4.98 Å². The number of nitrogens with one attached hydrogen (secondary N) is 1. The third kappa shape index (κ3) is 3.33. The van der Waals surface area contributed by atoms with E-state index in [1.165, 1.54) is 12.3 Å². The van der Waals surface area contributed by atoms with E-state index in [4.69, 9.17) is 16.3 Å². The van der Waals surface area contributed by atoms with Crippen LogP contribution in [0.15, 0.2) is 12.3 Å². The van der Waals surface area contributed by atoms with Crippen molar-refractivity contribution in [2.75, 3.05) is 11.9 Å². The fraction of sp³-hybridized carbons (Fsp3) is 0.583. The van der Waals surface area contributed by atoms with Gasteiger partial charge in [0.25, 0.3) is 0 Å². The van der Waals surface area contributed by atoms with Gasteiger partial charge in [0.05, 0.1) is 22.1 Å². The fourth-order valence-corrected chi connectivity index (χ4v) is 2.38. The molecule has 1 N–H and O–H groups in total. The Labute approximate surface area is 116 Å². The molecule has 1 aliphatic rings. The van der Waals surface area contributed by atoms with Gasteiger partial charge in [0.2, 0.25) is 5.82 Å². The third-order valence-electron chi connectivity index (χ3n) is 3.21. The number of anilines is 1. The van der Waals surface area contributed by atoms with Crippen LogP contribution >= 0.6 is 11.6 Å². The molecule has 1 fully saturated rings. The summed E-state index contributed by atoms with van der Waals surface area (Å²) in [6.45, 7) is 2.76. The van der Waals surface area contributed by atoms with Crippen molar-refractivity contribution in [2.24, 2.45) is 0 Å². The van der Waals surface area contributed by atoms with Gasteiger partial charge >= 0.3 is 5.69 Å². The van der Waals surface area contributed by atoms with Crippen LogP contribution in [0.3, 0.4) is 0 Å². The van der Waals surface area contributed by atoms with E-state index in [0.29, 0.717) is 0 Å². The summed E-state index contributed by atoms with van der Waals surface area (Å²) in [5, 5.41) is 14.4. The highest BCUT2D eigenvalue weighted by molar-refractivity contribution is 6.30. The maximum absolute atomic E-state index is 11.0. The molecular weight excluding hydrogens is 270 g/mol. The molecule has 0 saturated carbocycles. The number of nitro groups is 1. The molecular formula is C12H16ClN3O3. The molecule has 2 rings (SSSR count). The molecule has 0 amide bonds. The second-order valence-corrected chi connectivity index (χ2v) is 4.93. The van der Waals surface area contributed by atoms with Gasteiger partial charge in [-0.3, -0.25) is 10.1 Å². The molecule has 19 heavy (non-hydrogen) atoms. The van der Waals surface area contributed by atoms with E-state index >= 15 is 0 Å². The van der Waals surface area contributed by atoms with Crippen molar-refractivity contribution < 1.29 is 9.66 Å². The summed E-state index contributed by atoms with van der Waals surface area (Å²) in [7, 11) is 0. The SMILES string of the molecule is CCC(Nc1ncc(Cl)cc1[N+](=O)[O-])C1CCCO1. The standard InChI is InChI=1S/C12H16ClN3O3/c1-2-9(11-4-3-5-19-11)15-12-10(16(17)18)6-8(13)7-14-12/h6-7,9,11H,2-5H2,1H3,(H,14,15). The first-order chi connectivity index (χ1) is 9.11. The molecule has 0 spiro atoms. The van der Waals surface area contributed by atoms with Crippen LogP contribution in [0.5, 0.6) is 0 Å². The molecule has 0 radical (unpaired) electrons. The van der Waals surface area contributed by atoms with Crippen molar-refractivity contribution in [1.82, 2.24) is 4.98 Å². The first kappa shape index (κ1) is 14.0. The van der Waals surface area contributed by atoms with Crippen molar-refractivity contribution in [3.05, 3.63) is 27.4 Å². The fourth-order valence-electron chi connectivity index (χ4n) is 2.23. The van der Waals surface area contributed by atoms with E-state index in [9.17, 15) is 10.1 Å². The zero-order valence-electron chi connectivity index (χ0n) is 10.6. The molecule has 104 valence electrons. The van der Waals surface area contributed by atoms with Crippen LogP contribution in [0, 0.1) is 10.1 Å². The van der Waals surface area contributed by atoms with Gasteiger partial charge in [-0.2, -0.15) is 0 Å². The predicted molar refractivity (Wildman–Crippen MR) is 72.6 cm³/mol. The number of rotatable bonds is 5. The number of hydrogen-bond donors (Lipinski definition) is 1. The lowest BCUT2D eigenvalue weighted by atomic mass is 10.1. The Morgan fingerprint density at radius 3 is 3.11 bits per heavy atom. The largest absolute Gasteiger partial charge is 0.376 e. The zero-order chi connectivity index (χ0) is 13.8. The van der Waals surface area contributed by atoms with Gasteiger partial charge in [0.1, 0.15) is 0 Å². The highest BCUT2D eigenvalue weighted by Crippen LogP contribution is 2.28. The summed E-state index contributed by atoms with van der Waals surface area (Å²) in [5.41, 5.74) is -0.107. The molecule has 0 bridgehead atoms. The Morgan fingerprint density at radius 1 is 1.74 bits per heavy atom. The molecule has 2 atom stereocenters. The van der Waals surface area contributed by atoms with Crippen LogP contribution in [-0.4, -0.2) is 28.7 Å². The van der Waals surface area contributed by atoms with Gasteiger partial charge in [0.15, 0.2) is 0 Å². The van der Waals surface area contributed by atoms with Crippen LogP contribution in [0.2, 0.25) is 5.02 Å². The summed E-state index contributed by atoms with van der Waals surface area (Å²) in [5.74, 6) is 0.247. The lowest BCUT2D eigenvalue weighted by molar-refractivity contribution is -0.384. The molecule has 6 nitrogen and oxygen atoms in total. The lowest BCUT2D eigenvalue weighted by Gasteiger charge is -2.23. The van der Waals surface area contributed by atoms with E-state index < -0.39 is 4.92 Å². The Bertz CT molecular complexity index is 464. The van der Waals surface area contributed by atoms with Crippen LogP contribution in [0.1, 0.15) is 26.2 Å². The molecule has 0 aromatic carbocycles. The third-order valence-corrected chi connectivity index (χ3v) is 3.41. The number of halogens is 1. The van der Waals surface area contributed by atoms with Gasteiger partial charge in [-0.1, -0.05) is 18.5 Å². The van der Waals surface area contributed by atoms with E-state index in [1.54, 1.807) is 0 Å². The Hall–Kier alpha value is -1.40. The van der Waals surface area contributed by atoms with Gasteiger partial charge in [-0.15, -0.1) is 0 Å². The molecule has 1 aliphatic heterocycles. The first-order valence-corrected chi connectivity index (χ1v) is 6.67. The van der Waals surface area contributed by atoms with E-state index in [0.717, 1.165) is 25.9 Å². The number of aromatic nitrogens is 1. The average Bonchev–Trinajstić information content (AvgIpc) is 2.90. The minimum absolute atomic E-state index is 0.0230. The summed E-state index contributed by atoms with van der Waals surface area (Å²) >= 11 is 5.74. The highest BCUT2D eigenvalue weighted by atomic mass is 35.5. The quantitative estimate of drug-likeness (QED) is 0.664. The Morgan fingerprint density at radius 2 is 2.53 bits per heavy atom. The van der Waals surface area contributed by atoms with Crippen molar-refractivity contribution in [2.45, 2.75) is 38.3 Å². The van der Waals surface area contributed by atoms with Crippen LogP contribution < -0.4 is 5.32 Å². The van der Waals surface area contributed by atoms with E-state index in [1.807, 2.05) is 6.92 Å². The van der Waals surface area contributed by atoms with Crippen LogP contribution in [0.25, 0.3) is 0 Å². The lowest BCUT2D eigenvalue weighted by Crippen LogP contribution is -2.33. The van der Waals surface area contributed by atoms with Crippen molar-refractivity contribution in [3.8, 4) is 0 Å². The van der Waals surface area contributed by atoms with Crippen LogP contribution in [-0.2, 0) is 4.74 Å². The van der Waals surface area contributed by atoms with E-state index in [2.05, 4.69) is 10.3 Å². The second-order valence-electron chi connectivity index (χ2n) is 4.49. The summed E-state index contributed by atoms with van der Waals surface area (Å²) in [4.78, 5) is 14.5. The predicted octanol–water partition coefficient (Wildman–Crippen LogP) is 3.01. The molecule has 2 unspecified atom stereocenters. The maximum Gasteiger partial charge on any atom is 0.312 e. The number of pyridine rings is 1. The number of ether oxygens (including phenoxy) is 1. The molecule has 1 saturated heterocycles. The molecule has 2 heterocycles. The minimum atomic E-state index is -0.483. The maximum atomic E-state index is 11.0. The van der Waals surface area contributed by atoms with Gasteiger partial charge in [-0.05, 0) is 19.3 Å². The smallest absolute Gasteiger partial charge is 0.312 e. The summed E-state index contributed by atoms with van der Waals surface area (Å²) in [6.07, 6.45) is 4.29. The number of nitrogens with zero attached hydrogens (tertiary/aromatic N) is 2. The normalized spacial score (nSPS) is 20.2. The number of hydrogen-bond acceptors (Lipinski definition) is 5. The van der Waals surface area contributed by atoms with Gasteiger partial charge < -0.3 is 10.1 Å². The molecule has 1 aromatic rings.